The molecule has 0 unspecified atom stereocenters. The quantitative estimate of drug-likeness (QED) is 0.394. The van der Waals surface area contributed by atoms with Crippen LogP contribution in [0.3, 0.4) is 0 Å². The molecule has 14 heavy (non-hydrogen) atoms. The molecule has 0 saturated carbocycles. The number of rotatable bonds is 7. The van der Waals surface area contributed by atoms with E-state index in [1.807, 2.05) is 0 Å². The highest BCUT2D eigenvalue weighted by Gasteiger charge is 2.16. The molecule has 0 radical (unpaired) electrons. The maximum Gasteiger partial charge on any atom is 0.320 e. The van der Waals surface area contributed by atoms with Crippen LogP contribution in [0, 0.1) is 0 Å². The van der Waals surface area contributed by atoms with E-state index < -0.39 is 18.7 Å². The standard InChI is InChI=1S/C8H16N2O4/c1-2-9-7(12)4-3-6(8(13)14)10-5-11/h6,10-11H,2-5H2,1H3,(H,9,12)(H,13,14)/t6-/m0/s1. The number of nitrogens with one attached hydrogen (secondary N) is 2. The number of aliphatic carboxylic acids is 1. The highest BCUT2D eigenvalue weighted by Crippen LogP contribution is 1.97. The maximum absolute atomic E-state index is 11.0. The first-order valence-electron chi connectivity index (χ1n) is 4.45. The van der Waals surface area contributed by atoms with E-state index in [0.29, 0.717) is 6.54 Å². The van der Waals surface area contributed by atoms with Crippen molar-refractivity contribution in [1.29, 1.82) is 0 Å². The number of hydrogen-bond acceptors (Lipinski definition) is 4. The number of amides is 1. The predicted octanol–water partition coefficient (Wildman–Crippen LogP) is -1.10. The van der Waals surface area contributed by atoms with Gasteiger partial charge in [0.25, 0.3) is 0 Å². The Morgan fingerprint density at radius 1 is 1.43 bits per heavy atom. The third kappa shape index (κ3) is 5.50. The van der Waals surface area contributed by atoms with Crippen LogP contribution in [0.5, 0.6) is 0 Å². The second kappa shape index (κ2) is 7.28. The van der Waals surface area contributed by atoms with Gasteiger partial charge in [-0.25, -0.2) is 0 Å². The number of aliphatic hydroxyl groups is 1. The molecule has 6 nitrogen and oxygen atoms in total. The van der Waals surface area contributed by atoms with Crippen LogP contribution in [-0.2, 0) is 9.59 Å². The Balaban J connectivity index is 3.81. The molecule has 0 aromatic heterocycles. The Morgan fingerprint density at radius 3 is 2.50 bits per heavy atom. The van der Waals surface area contributed by atoms with Crippen molar-refractivity contribution < 1.29 is 19.8 Å². The van der Waals surface area contributed by atoms with Crippen molar-refractivity contribution in [1.82, 2.24) is 10.6 Å². The van der Waals surface area contributed by atoms with Crippen LogP contribution in [0.2, 0.25) is 0 Å². The van der Waals surface area contributed by atoms with Crippen LogP contribution in [0.1, 0.15) is 19.8 Å². The first-order valence-corrected chi connectivity index (χ1v) is 4.45. The molecule has 0 aromatic rings. The fourth-order valence-corrected chi connectivity index (χ4v) is 0.984. The molecule has 82 valence electrons. The van der Waals surface area contributed by atoms with Crippen molar-refractivity contribution in [2.75, 3.05) is 13.3 Å². The Hall–Kier alpha value is -1.14. The molecule has 0 aliphatic heterocycles. The van der Waals surface area contributed by atoms with E-state index in [4.69, 9.17) is 10.2 Å². The summed E-state index contributed by atoms with van der Waals surface area (Å²) in [6, 6.07) is -0.873. The first-order chi connectivity index (χ1) is 6.61. The van der Waals surface area contributed by atoms with Gasteiger partial charge in [-0.1, -0.05) is 0 Å². The summed E-state index contributed by atoms with van der Waals surface area (Å²) in [6.07, 6.45) is 0.305. The number of carboxylic acid groups (broad SMARTS) is 1. The molecule has 1 amide bonds. The third-order valence-corrected chi connectivity index (χ3v) is 1.67. The third-order valence-electron chi connectivity index (χ3n) is 1.67. The summed E-state index contributed by atoms with van der Waals surface area (Å²) < 4.78 is 0. The SMILES string of the molecule is CCNC(=O)CC[C@H](NCO)C(=O)O. The lowest BCUT2D eigenvalue weighted by molar-refractivity contribution is -0.140. The summed E-state index contributed by atoms with van der Waals surface area (Å²) in [4.78, 5) is 21.5. The second-order valence-electron chi connectivity index (χ2n) is 2.75. The minimum atomic E-state index is -1.07. The molecule has 0 saturated heterocycles. The molecular weight excluding hydrogens is 188 g/mol. The van der Waals surface area contributed by atoms with Crippen molar-refractivity contribution in [3.05, 3.63) is 0 Å². The van der Waals surface area contributed by atoms with Crippen molar-refractivity contribution in [3.63, 3.8) is 0 Å². The lowest BCUT2D eigenvalue weighted by atomic mass is 10.1. The van der Waals surface area contributed by atoms with Gasteiger partial charge in [-0.3, -0.25) is 14.9 Å². The predicted molar refractivity (Wildman–Crippen MR) is 49.6 cm³/mol. The van der Waals surface area contributed by atoms with Gasteiger partial charge < -0.3 is 15.5 Å². The lowest BCUT2D eigenvalue weighted by Crippen LogP contribution is -2.38. The summed E-state index contributed by atoms with van der Waals surface area (Å²) in [5.74, 6) is -1.25. The summed E-state index contributed by atoms with van der Waals surface area (Å²) in [5.41, 5.74) is 0. The molecule has 4 N–H and O–H groups in total. The van der Waals surface area contributed by atoms with Crippen molar-refractivity contribution in [2.24, 2.45) is 0 Å². The molecule has 6 heteroatoms. The average Bonchev–Trinajstić information content (AvgIpc) is 2.12. The fraction of sp³-hybridized carbons (Fsp3) is 0.750. The smallest absolute Gasteiger partial charge is 0.320 e. The van der Waals surface area contributed by atoms with E-state index in [1.165, 1.54) is 0 Å². The molecule has 0 aliphatic carbocycles. The van der Waals surface area contributed by atoms with Gasteiger partial charge in [-0.05, 0) is 13.3 Å². The van der Waals surface area contributed by atoms with Gasteiger partial charge in [-0.15, -0.1) is 0 Å². The van der Waals surface area contributed by atoms with Crippen molar-refractivity contribution in [3.8, 4) is 0 Å². The Labute approximate surface area is 82.3 Å². The van der Waals surface area contributed by atoms with Gasteiger partial charge in [0.05, 0.1) is 6.73 Å². The molecule has 0 heterocycles. The lowest BCUT2D eigenvalue weighted by Gasteiger charge is -2.11. The van der Waals surface area contributed by atoms with E-state index in [1.54, 1.807) is 6.92 Å². The fourth-order valence-electron chi connectivity index (χ4n) is 0.984. The second-order valence-corrected chi connectivity index (χ2v) is 2.75. The van der Waals surface area contributed by atoms with Gasteiger partial charge >= 0.3 is 5.97 Å². The zero-order valence-electron chi connectivity index (χ0n) is 8.12. The number of carbonyl (C=O) groups excluding carboxylic acids is 1. The van der Waals surface area contributed by atoms with Gasteiger partial charge in [0.2, 0.25) is 5.91 Å². The van der Waals surface area contributed by atoms with E-state index in [-0.39, 0.29) is 18.7 Å². The average molecular weight is 204 g/mol. The number of carbonyl (C=O) groups is 2. The van der Waals surface area contributed by atoms with Crippen LogP contribution in [-0.4, -0.2) is 41.4 Å². The van der Waals surface area contributed by atoms with Gasteiger partial charge in [0.15, 0.2) is 0 Å². The first kappa shape index (κ1) is 12.9. The molecular formula is C8H16N2O4. The molecule has 0 fully saturated rings. The normalized spacial score (nSPS) is 12.1. The van der Waals surface area contributed by atoms with Crippen LogP contribution >= 0.6 is 0 Å². The van der Waals surface area contributed by atoms with Crippen LogP contribution < -0.4 is 10.6 Å². The van der Waals surface area contributed by atoms with Gasteiger partial charge in [-0.2, -0.15) is 0 Å². The highest BCUT2D eigenvalue weighted by molar-refractivity contribution is 5.78. The van der Waals surface area contributed by atoms with Crippen LogP contribution in [0.25, 0.3) is 0 Å². The molecule has 0 bridgehead atoms. The largest absolute Gasteiger partial charge is 0.480 e. The van der Waals surface area contributed by atoms with Gasteiger partial charge in [0.1, 0.15) is 6.04 Å². The zero-order chi connectivity index (χ0) is 11.0. The van der Waals surface area contributed by atoms with Crippen molar-refractivity contribution >= 4 is 11.9 Å². The van der Waals surface area contributed by atoms with Crippen molar-refractivity contribution in [2.45, 2.75) is 25.8 Å². The summed E-state index contributed by atoms with van der Waals surface area (Å²) in [5, 5.41) is 22.0. The number of carboxylic acids is 1. The molecule has 0 rings (SSSR count). The number of hydrogen-bond donors (Lipinski definition) is 4. The summed E-state index contributed by atoms with van der Waals surface area (Å²) in [6.45, 7) is 1.91. The van der Waals surface area contributed by atoms with E-state index in [2.05, 4.69) is 10.6 Å². The summed E-state index contributed by atoms with van der Waals surface area (Å²) >= 11 is 0. The molecule has 0 aromatic carbocycles. The Bertz CT molecular complexity index is 196. The minimum Gasteiger partial charge on any atom is -0.480 e. The van der Waals surface area contributed by atoms with Crippen LogP contribution in [0.4, 0.5) is 0 Å². The molecule has 0 aliphatic rings. The van der Waals surface area contributed by atoms with E-state index >= 15 is 0 Å². The van der Waals surface area contributed by atoms with E-state index in [9.17, 15) is 9.59 Å². The minimum absolute atomic E-state index is 0.137. The topological polar surface area (TPSA) is 98.7 Å². The molecule has 0 spiro atoms. The monoisotopic (exact) mass is 204 g/mol. The maximum atomic E-state index is 11.0. The molecule has 1 atom stereocenters. The zero-order valence-corrected chi connectivity index (χ0v) is 8.12. The Kier molecular flexibility index (Phi) is 6.69. The van der Waals surface area contributed by atoms with Gasteiger partial charge in [0, 0.05) is 13.0 Å². The summed E-state index contributed by atoms with van der Waals surface area (Å²) in [7, 11) is 0. The Morgan fingerprint density at radius 2 is 2.07 bits per heavy atom. The van der Waals surface area contributed by atoms with Crippen LogP contribution in [0.15, 0.2) is 0 Å². The highest BCUT2D eigenvalue weighted by atomic mass is 16.4. The number of aliphatic hydroxyl groups excluding tert-OH is 1. The van der Waals surface area contributed by atoms with E-state index in [0.717, 1.165) is 0 Å².